The van der Waals surface area contributed by atoms with E-state index in [1.165, 1.54) is 10.6 Å². The summed E-state index contributed by atoms with van der Waals surface area (Å²) in [4.78, 5) is 22.5. The summed E-state index contributed by atoms with van der Waals surface area (Å²) >= 11 is 1.71. The first-order chi connectivity index (χ1) is 11.1. The van der Waals surface area contributed by atoms with Crippen molar-refractivity contribution in [3.8, 4) is 0 Å². The van der Waals surface area contributed by atoms with Crippen molar-refractivity contribution in [3.05, 3.63) is 45.9 Å². The molecule has 1 amide bonds. The molecule has 0 saturated carbocycles. The van der Waals surface area contributed by atoms with Crippen LogP contribution in [0.2, 0.25) is 0 Å². The molecule has 0 radical (unpaired) electrons. The lowest BCUT2D eigenvalue weighted by Crippen LogP contribution is -2.48. The summed E-state index contributed by atoms with van der Waals surface area (Å²) in [5.41, 5.74) is 2.32. The monoisotopic (exact) mass is 329 g/mol. The van der Waals surface area contributed by atoms with Crippen LogP contribution in [-0.4, -0.2) is 42.0 Å². The number of rotatable bonds is 4. The van der Waals surface area contributed by atoms with E-state index < -0.39 is 0 Å². The second kappa shape index (κ2) is 7.13. The van der Waals surface area contributed by atoms with Gasteiger partial charge in [-0.15, -0.1) is 11.3 Å². The van der Waals surface area contributed by atoms with E-state index in [1.54, 1.807) is 11.3 Å². The van der Waals surface area contributed by atoms with Crippen LogP contribution in [0, 0.1) is 13.8 Å². The number of piperazine rings is 1. The highest BCUT2D eigenvalue weighted by atomic mass is 32.1. The average molecular weight is 329 g/mol. The first-order valence-electron chi connectivity index (χ1n) is 8.14. The Kier molecular flexibility index (Phi) is 4.96. The topological polar surface area (TPSA) is 36.4 Å². The van der Waals surface area contributed by atoms with Gasteiger partial charge >= 0.3 is 0 Å². The van der Waals surface area contributed by atoms with E-state index in [9.17, 15) is 4.79 Å². The third-order valence-corrected chi connectivity index (χ3v) is 5.45. The summed E-state index contributed by atoms with van der Waals surface area (Å²) in [7, 11) is 0. The fourth-order valence-electron chi connectivity index (χ4n) is 3.04. The molecule has 1 aromatic carbocycles. The number of aryl methyl sites for hydroxylation is 3. The Bertz CT molecular complexity index is 660. The van der Waals surface area contributed by atoms with Gasteiger partial charge in [0.25, 0.3) is 0 Å². The molecule has 0 N–H and O–H groups in total. The van der Waals surface area contributed by atoms with Gasteiger partial charge in [-0.05, 0) is 32.4 Å². The lowest BCUT2D eigenvalue weighted by atomic mass is 10.2. The number of hydrogen-bond acceptors (Lipinski definition) is 4. The maximum Gasteiger partial charge on any atom is 0.223 e. The van der Waals surface area contributed by atoms with Crippen LogP contribution in [0.25, 0.3) is 0 Å². The minimum absolute atomic E-state index is 0.267. The minimum atomic E-state index is 0.267. The molecule has 1 fully saturated rings. The zero-order valence-corrected chi connectivity index (χ0v) is 14.6. The molecule has 0 bridgehead atoms. The van der Waals surface area contributed by atoms with Crippen molar-refractivity contribution in [3.63, 3.8) is 0 Å². The number of para-hydroxylation sites is 1. The van der Waals surface area contributed by atoms with Gasteiger partial charge in [-0.1, -0.05) is 18.2 Å². The number of nitrogens with zero attached hydrogens (tertiary/aromatic N) is 3. The predicted octanol–water partition coefficient (Wildman–Crippen LogP) is 3.04. The standard InChI is InChI=1S/C18H23N3OS/c1-14-17(23-15(2)19-14)8-9-18(22)21-12-10-20(11-13-21)16-6-4-3-5-7-16/h3-7H,8-13H2,1-2H3. The maximum absolute atomic E-state index is 12.4. The number of thiazole rings is 1. The lowest BCUT2D eigenvalue weighted by molar-refractivity contribution is -0.131. The SMILES string of the molecule is Cc1nc(C)c(CCC(=O)N2CCN(c3ccccc3)CC2)s1. The highest BCUT2D eigenvalue weighted by Gasteiger charge is 2.21. The summed E-state index contributed by atoms with van der Waals surface area (Å²) in [5, 5.41) is 1.08. The molecule has 1 aromatic heterocycles. The normalized spacial score (nSPS) is 15.0. The zero-order chi connectivity index (χ0) is 16.2. The molecule has 0 atom stereocenters. The molecule has 4 nitrogen and oxygen atoms in total. The second-order valence-corrected chi connectivity index (χ2v) is 7.23. The Balaban J connectivity index is 1.49. The van der Waals surface area contributed by atoms with Gasteiger partial charge < -0.3 is 9.80 Å². The first-order valence-corrected chi connectivity index (χ1v) is 8.96. The number of hydrogen-bond donors (Lipinski definition) is 0. The van der Waals surface area contributed by atoms with Crippen LogP contribution in [0.4, 0.5) is 5.69 Å². The van der Waals surface area contributed by atoms with E-state index in [2.05, 4.69) is 34.1 Å². The Hall–Kier alpha value is -1.88. The summed E-state index contributed by atoms with van der Waals surface area (Å²) in [5.74, 6) is 0.267. The summed E-state index contributed by atoms with van der Waals surface area (Å²) in [6, 6.07) is 10.4. The predicted molar refractivity (Wildman–Crippen MR) is 95.1 cm³/mol. The summed E-state index contributed by atoms with van der Waals surface area (Å²) in [6.07, 6.45) is 1.41. The van der Waals surface area contributed by atoms with Crippen molar-refractivity contribution in [2.24, 2.45) is 0 Å². The summed E-state index contributed by atoms with van der Waals surface area (Å²) in [6.45, 7) is 7.50. The van der Waals surface area contributed by atoms with Gasteiger partial charge in [0, 0.05) is 43.2 Å². The van der Waals surface area contributed by atoms with Crippen LogP contribution >= 0.6 is 11.3 Å². The van der Waals surface area contributed by atoms with Crippen molar-refractivity contribution in [1.29, 1.82) is 0 Å². The van der Waals surface area contributed by atoms with Gasteiger partial charge in [0.1, 0.15) is 0 Å². The molecular weight excluding hydrogens is 306 g/mol. The van der Waals surface area contributed by atoms with E-state index >= 15 is 0 Å². The van der Waals surface area contributed by atoms with Gasteiger partial charge in [-0.2, -0.15) is 0 Å². The molecule has 23 heavy (non-hydrogen) atoms. The minimum Gasteiger partial charge on any atom is -0.368 e. The highest BCUT2D eigenvalue weighted by molar-refractivity contribution is 7.11. The molecule has 0 unspecified atom stereocenters. The fourth-order valence-corrected chi connectivity index (χ4v) is 3.97. The van der Waals surface area contributed by atoms with E-state index in [4.69, 9.17) is 0 Å². The van der Waals surface area contributed by atoms with Crippen molar-refractivity contribution in [2.45, 2.75) is 26.7 Å². The highest BCUT2D eigenvalue weighted by Crippen LogP contribution is 2.20. The molecule has 3 rings (SSSR count). The van der Waals surface area contributed by atoms with Crippen LogP contribution in [0.15, 0.2) is 30.3 Å². The molecule has 0 spiro atoms. The van der Waals surface area contributed by atoms with Crippen molar-refractivity contribution < 1.29 is 4.79 Å². The van der Waals surface area contributed by atoms with E-state index in [-0.39, 0.29) is 5.91 Å². The molecule has 0 aliphatic carbocycles. The second-order valence-electron chi connectivity index (χ2n) is 5.94. The number of anilines is 1. The van der Waals surface area contributed by atoms with E-state index in [1.807, 2.05) is 24.8 Å². The quantitative estimate of drug-likeness (QED) is 0.865. The molecule has 122 valence electrons. The van der Waals surface area contributed by atoms with Crippen molar-refractivity contribution in [2.75, 3.05) is 31.1 Å². The maximum atomic E-state index is 12.4. The van der Waals surface area contributed by atoms with E-state index in [0.29, 0.717) is 6.42 Å². The van der Waals surface area contributed by atoms with Crippen molar-refractivity contribution >= 4 is 22.9 Å². The molecule has 2 heterocycles. The Labute approximate surface area is 141 Å². The van der Waals surface area contributed by atoms with Crippen molar-refractivity contribution in [1.82, 2.24) is 9.88 Å². The van der Waals surface area contributed by atoms with Crippen LogP contribution in [0.5, 0.6) is 0 Å². The van der Waals surface area contributed by atoms with Gasteiger partial charge in [0.2, 0.25) is 5.91 Å². The average Bonchev–Trinajstić information content (AvgIpc) is 2.91. The first kappa shape index (κ1) is 16.0. The number of benzene rings is 1. The molecule has 1 aliphatic rings. The van der Waals surface area contributed by atoms with Gasteiger partial charge in [0.05, 0.1) is 10.7 Å². The van der Waals surface area contributed by atoms with Gasteiger partial charge in [-0.25, -0.2) is 4.98 Å². The molecule has 1 aliphatic heterocycles. The molecular formula is C18H23N3OS. The fraction of sp³-hybridized carbons (Fsp3) is 0.444. The number of carbonyl (C=O) groups is 1. The number of amides is 1. The van der Waals surface area contributed by atoms with Crippen LogP contribution in [0.3, 0.4) is 0 Å². The summed E-state index contributed by atoms with van der Waals surface area (Å²) < 4.78 is 0. The van der Waals surface area contributed by atoms with Gasteiger partial charge in [0.15, 0.2) is 0 Å². The third-order valence-electron chi connectivity index (χ3n) is 4.32. The molecule has 2 aromatic rings. The third kappa shape index (κ3) is 3.91. The Morgan fingerprint density at radius 3 is 2.43 bits per heavy atom. The largest absolute Gasteiger partial charge is 0.368 e. The smallest absolute Gasteiger partial charge is 0.223 e. The van der Waals surface area contributed by atoms with Crippen LogP contribution < -0.4 is 4.90 Å². The van der Waals surface area contributed by atoms with Crippen LogP contribution in [-0.2, 0) is 11.2 Å². The Morgan fingerprint density at radius 1 is 1.13 bits per heavy atom. The Morgan fingerprint density at radius 2 is 1.83 bits per heavy atom. The van der Waals surface area contributed by atoms with Gasteiger partial charge in [-0.3, -0.25) is 4.79 Å². The lowest BCUT2D eigenvalue weighted by Gasteiger charge is -2.36. The molecule has 1 saturated heterocycles. The number of aromatic nitrogens is 1. The molecule has 5 heteroatoms. The number of carbonyl (C=O) groups excluding carboxylic acids is 1. The zero-order valence-electron chi connectivity index (χ0n) is 13.8. The van der Waals surface area contributed by atoms with Crippen LogP contribution in [0.1, 0.15) is 22.0 Å². The van der Waals surface area contributed by atoms with E-state index in [0.717, 1.165) is 43.3 Å².